The summed E-state index contributed by atoms with van der Waals surface area (Å²) in [5.41, 5.74) is 0.656. The molecule has 0 unspecified atom stereocenters. The van der Waals surface area contributed by atoms with Gasteiger partial charge in [0.25, 0.3) is 15.9 Å². The van der Waals surface area contributed by atoms with Gasteiger partial charge in [-0.3, -0.25) is 9.52 Å². The summed E-state index contributed by atoms with van der Waals surface area (Å²) in [6.45, 7) is 1.80. The van der Waals surface area contributed by atoms with Crippen LogP contribution in [-0.2, 0) is 10.0 Å². The third kappa shape index (κ3) is 4.12. The molecule has 1 aromatic heterocycles. The molecule has 2 aromatic carbocycles. The minimum Gasteiger partial charge on any atom is -0.467 e. The number of amides is 1. The van der Waals surface area contributed by atoms with Gasteiger partial charge in [0.05, 0.1) is 17.2 Å². The molecule has 7 heteroatoms. The summed E-state index contributed by atoms with van der Waals surface area (Å²) in [7, 11) is -3.71. The van der Waals surface area contributed by atoms with E-state index < -0.39 is 10.0 Å². The van der Waals surface area contributed by atoms with E-state index in [0.29, 0.717) is 17.0 Å². The molecule has 0 fully saturated rings. The monoisotopic (exact) mass is 370 g/mol. The number of carbonyl (C=O) groups is 1. The van der Waals surface area contributed by atoms with Crippen LogP contribution in [0.5, 0.6) is 0 Å². The summed E-state index contributed by atoms with van der Waals surface area (Å²) in [5, 5.41) is 2.81. The van der Waals surface area contributed by atoms with E-state index in [1.165, 1.54) is 24.5 Å². The molecule has 0 aliphatic heterocycles. The van der Waals surface area contributed by atoms with E-state index in [-0.39, 0.29) is 16.8 Å². The Balaban J connectivity index is 1.75. The number of benzene rings is 2. The summed E-state index contributed by atoms with van der Waals surface area (Å²) in [6.07, 6.45) is 1.54. The Hall–Kier alpha value is -3.06. The van der Waals surface area contributed by atoms with Gasteiger partial charge in [-0.05, 0) is 49.4 Å². The summed E-state index contributed by atoms with van der Waals surface area (Å²) < 4.78 is 32.5. The smallest absolute Gasteiger partial charge is 0.261 e. The Morgan fingerprint density at radius 2 is 1.77 bits per heavy atom. The van der Waals surface area contributed by atoms with Crippen LogP contribution in [-0.4, -0.2) is 14.3 Å². The molecule has 3 rings (SSSR count). The van der Waals surface area contributed by atoms with Crippen LogP contribution in [0.3, 0.4) is 0 Å². The van der Waals surface area contributed by atoms with Gasteiger partial charge in [-0.2, -0.15) is 0 Å². The highest BCUT2D eigenvalue weighted by Gasteiger charge is 2.16. The van der Waals surface area contributed by atoms with Crippen LogP contribution in [0.25, 0.3) is 0 Å². The molecule has 1 heterocycles. The second-order valence-corrected chi connectivity index (χ2v) is 7.39. The predicted octanol–water partition coefficient (Wildman–Crippen LogP) is 3.57. The maximum absolute atomic E-state index is 12.4. The number of furan rings is 1. The van der Waals surface area contributed by atoms with Crippen molar-refractivity contribution in [1.82, 2.24) is 5.32 Å². The number of hydrogen-bond donors (Lipinski definition) is 2. The van der Waals surface area contributed by atoms with Crippen LogP contribution in [0.4, 0.5) is 5.69 Å². The second-order valence-electron chi connectivity index (χ2n) is 5.71. The van der Waals surface area contributed by atoms with E-state index in [2.05, 4.69) is 10.0 Å². The third-order valence-corrected chi connectivity index (χ3v) is 5.15. The van der Waals surface area contributed by atoms with Gasteiger partial charge in [0, 0.05) is 11.3 Å². The topological polar surface area (TPSA) is 88.4 Å². The molecule has 0 aliphatic rings. The van der Waals surface area contributed by atoms with Crippen molar-refractivity contribution < 1.29 is 17.6 Å². The fourth-order valence-corrected chi connectivity index (χ4v) is 3.50. The van der Waals surface area contributed by atoms with Crippen molar-refractivity contribution in [3.05, 3.63) is 84.3 Å². The standard InChI is InChI=1S/C19H18N2O4S/c1-14(18-11-6-12-25-18)20-19(22)15-7-5-8-16(13-15)21-26(23,24)17-9-3-2-4-10-17/h2-14,21H,1H3,(H,20,22)/t14-/m0/s1. The zero-order chi connectivity index (χ0) is 18.6. The summed E-state index contributed by atoms with van der Waals surface area (Å²) in [4.78, 5) is 12.6. The lowest BCUT2D eigenvalue weighted by atomic mass is 10.1. The zero-order valence-corrected chi connectivity index (χ0v) is 14.9. The van der Waals surface area contributed by atoms with Crippen molar-refractivity contribution in [1.29, 1.82) is 0 Å². The molecule has 2 N–H and O–H groups in total. The first-order valence-electron chi connectivity index (χ1n) is 7.98. The number of nitrogens with one attached hydrogen (secondary N) is 2. The lowest BCUT2D eigenvalue weighted by Crippen LogP contribution is -2.26. The molecule has 0 saturated carbocycles. The maximum Gasteiger partial charge on any atom is 0.261 e. The number of hydrogen-bond acceptors (Lipinski definition) is 4. The van der Waals surface area contributed by atoms with Crippen LogP contribution in [0.15, 0.2) is 82.3 Å². The zero-order valence-electron chi connectivity index (χ0n) is 14.0. The minimum atomic E-state index is -3.71. The number of anilines is 1. The van der Waals surface area contributed by atoms with Gasteiger partial charge in [0.15, 0.2) is 0 Å². The van der Waals surface area contributed by atoms with Gasteiger partial charge in [0.2, 0.25) is 0 Å². The lowest BCUT2D eigenvalue weighted by Gasteiger charge is -2.13. The van der Waals surface area contributed by atoms with Crippen molar-refractivity contribution in [2.75, 3.05) is 4.72 Å². The Kier molecular flexibility index (Phi) is 5.09. The maximum atomic E-state index is 12.4. The largest absolute Gasteiger partial charge is 0.467 e. The van der Waals surface area contributed by atoms with Crippen molar-refractivity contribution >= 4 is 21.6 Å². The molecule has 3 aromatic rings. The highest BCUT2D eigenvalue weighted by Crippen LogP contribution is 2.18. The molecule has 0 bridgehead atoms. The number of carbonyl (C=O) groups excluding carboxylic acids is 1. The Labute approximate surface area is 151 Å². The fourth-order valence-electron chi connectivity index (χ4n) is 2.43. The molecular weight excluding hydrogens is 352 g/mol. The van der Waals surface area contributed by atoms with Gasteiger partial charge in [-0.15, -0.1) is 0 Å². The summed E-state index contributed by atoms with van der Waals surface area (Å²) >= 11 is 0. The first kappa shape index (κ1) is 17.8. The molecule has 0 saturated heterocycles. The SMILES string of the molecule is C[C@H](NC(=O)c1cccc(NS(=O)(=O)c2ccccc2)c1)c1ccco1. The lowest BCUT2D eigenvalue weighted by molar-refractivity contribution is 0.0935. The molecule has 134 valence electrons. The van der Waals surface area contributed by atoms with Crippen molar-refractivity contribution in [3.63, 3.8) is 0 Å². The molecule has 26 heavy (non-hydrogen) atoms. The molecular formula is C19H18N2O4S. The molecule has 0 spiro atoms. The van der Waals surface area contributed by atoms with E-state index in [1.807, 2.05) is 0 Å². The molecule has 0 aliphatic carbocycles. The van der Waals surface area contributed by atoms with Gasteiger partial charge < -0.3 is 9.73 Å². The first-order chi connectivity index (χ1) is 12.5. The van der Waals surface area contributed by atoms with E-state index >= 15 is 0 Å². The van der Waals surface area contributed by atoms with Gasteiger partial charge >= 0.3 is 0 Å². The predicted molar refractivity (Wildman–Crippen MR) is 98.3 cm³/mol. The van der Waals surface area contributed by atoms with Crippen LogP contribution in [0.2, 0.25) is 0 Å². The van der Waals surface area contributed by atoms with Crippen LogP contribution in [0.1, 0.15) is 29.1 Å². The highest BCUT2D eigenvalue weighted by atomic mass is 32.2. The molecule has 6 nitrogen and oxygen atoms in total. The van der Waals surface area contributed by atoms with Crippen LogP contribution < -0.4 is 10.0 Å². The van der Waals surface area contributed by atoms with Crippen molar-refractivity contribution in [2.24, 2.45) is 0 Å². The average molecular weight is 370 g/mol. The molecule has 1 atom stereocenters. The van der Waals surface area contributed by atoms with Gasteiger partial charge in [-0.25, -0.2) is 8.42 Å². The quantitative estimate of drug-likeness (QED) is 0.694. The summed E-state index contributed by atoms with van der Waals surface area (Å²) in [6, 6.07) is 17.6. The van der Waals surface area contributed by atoms with E-state index in [4.69, 9.17) is 4.42 Å². The second kappa shape index (κ2) is 7.45. The van der Waals surface area contributed by atoms with Gasteiger partial charge in [-0.1, -0.05) is 24.3 Å². The Bertz CT molecular complexity index is 983. The van der Waals surface area contributed by atoms with E-state index in [1.54, 1.807) is 55.5 Å². The van der Waals surface area contributed by atoms with Crippen LogP contribution >= 0.6 is 0 Å². The third-order valence-electron chi connectivity index (χ3n) is 3.75. The first-order valence-corrected chi connectivity index (χ1v) is 9.46. The normalized spacial score (nSPS) is 12.3. The average Bonchev–Trinajstić information content (AvgIpc) is 3.17. The number of rotatable bonds is 6. The van der Waals surface area contributed by atoms with Gasteiger partial charge in [0.1, 0.15) is 5.76 Å². The fraction of sp³-hybridized carbons (Fsp3) is 0.105. The Morgan fingerprint density at radius 3 is 2.46 bits per heavy atom. The van der Waals surface area contributed by atoms with Crippen molar-refractivity contribution in [3.8, 4) is 0 Å². The molecule has 0 radical (unpaired) electrons. The van der Waals surface area contributed by atoms with E-state index in [0.717, 1.165) is 0 Å². The Morgan fingerprint density at radius 1 is 1.00 bits per heavy atom. The summed E-state index contributed by atoms with van der Waals surface area (Å²) in [5.74, 6) is 0.314. The van der Waals surface area contributed by atoms with E-state index in [9.17, 15) is 13.2 Å². The van der Waals surface area contributed by atoms with Crippen LogP contribution in [0, 0.1) is 0 Å². The van der Waals surface area contributed by atoms with Crippen molar-refractivity contribution in [2.45, 2.75) is 17.9 Å². The minimum absolute atomic E-state index is 0.154. The highest BCUT2D eigenvalue weighted by molar-refractivity contribution is 7.92. The molecule has 1 amide bonds. The number of sulfonamides is 1.